The number of esters is 1. The van der Waals surface area contributed by atoms with E-state index in [1.54, 1.807) is 12.1 Å². The van der Waals surface area contributed by atoms with Crippen molar-refractivity contribution < 1.29 is 14.6 Å². The Labute approximate surface area is 138 Å². The van der Waals surface area contributed by atoms with Crippen LogP contribution in [0, 0.1) is 0 Å². The van der Waals surface area contributed by atoms with Crippen LogP contribution in [0.5, 0.6) is 0 Å². The number of carbonyl (C=O) groups is 1. The predicted octanol–water partition coefficient (Wildman–Crippen LogP) is 3.06. The van der Waals surface area contributed by atoms with Gasteiger partial charge in [0.1, 0.15) is 0 Å². The van der Waals surface area contributed by atoms with Crippen molar-refractivity contribution in [3.05, 3.63) is 69.7 Å². The highest BCUT2D eigenvalue weighted by atomic mass is 79.9. The fraction of sp³-hybridized carbons (Fsp3) is 0.235. The zero-order valence-electron chi connectivity index (χ0n) is 12.3. The number of benzene rings is 2. The van der Waals surface area contributed by atoms with Gasteiger partial charge in [-0.05, 0) is 23.3 Å². The molecular formula is C17H18BrNO3. The number of nitrogens with one attached hydrogen (secondary N) is 1. The van der Waals surface area contributed by atoms with Gasteiger partial charge in [0.25, 0.3) is 0 Å². The van der Waals surface area contributed by atoms with E-state index in [2.05, 4.69) is 21.2 Å². The van der Waals surface area contributed by atoms with E-state index in [4.69, 9.17) is 4.74 Å². The average molecular weight is 364 g/mol. The first-order valence-electron chi connectivity index (χ1n) is 6.91. The maximum atomic E-state index is 11.5. The SMILES string of the molecule is COC(=O)c1ccc(CNC(CO)c2ccccc2)c(Br)c1. The van der Waals surface area contributed by atoms with E-state index >= 15 is 0 Å². The van der Waals surface area contributed by atoms with Gasteiger partial charge in [-0.25, -0.2) is 4.79 Å². The second kappa shape index (κ2) is 8.08. The summed E-state index contributed by atoms with van der Waals surface area (Å²) in [6.45, 7) is 0.587. The van der Waals surface area contributed by atoms with Crippen LogP contribution in [0.3, 0.4) is 0 Å². The minimum absolute atomic E-state index is 0.0158. The zero-order valence-corrected chi connectivity index (χ0v) is 13.8. The smallest absolute Gasteiger partial charge is 0.337 e. The number of aliphatic hydroxyl groups excluding tert-OH is 1. The Kier molecular flexibility index (Phi) is 6.12. The molecule has 2 rings (SSSR count). The Morgan fingerprint density at radius 3 is 2.59 bits per heavy atom. The van der Waals surface area contributed by atoms with Crippen LogP contribution < -0.4 is 5.32 Å². The number of methoxy groups -OCH3 is 1. The molecule has 2 N–H and O–H groups in total. The number of rotatable bonds is 6. The largest absolute Gasteiger partial charge is 0.465 e. The summed E-state index contributed by atoms with van der Waals surface area (Å²) in [7, 11) is 1.36. The molecule has 0 heterocycles. The molecule has 0 aliphatic rings. The van der Waals surface area contributed by atoms with E-state index in [1.807, 2.05) is 36.4 Å². The molecule has 22 heavy (non-hydrogen) atoms. The molecule has 0 aliphatic heterocycles. The molecule has 0 fully saturated rings. The number of hydrogen-bond donors (Lipinski definition) is 2. The van der Waals surface area contributed by atoms with E-state index < -0.39 is 0 Å². The Hall–Kier alpha value is -1.69. The van der Waals surface area contributed by atoms with Gasteiger partial charge in [-0.15, -0.1) is 0 Å². The third-order valence-corrected chi connectivity index (χ3v) is 4.14. The van der Waals surface area contributed by atoms with Crippen molar-refractivity contribution in [1.29, 1.82) is 0 Å². The zero-order chi connectivity index (χ0) is 15.9. The van der Waals surface area contributed by atoms with E-state index in [1.165, 1.54) is 7.11 Å². The van der Waals surface area contributed by atoms with Gasteiger partial charge in [0.05, 0.1) is 25.3 Å². The Balaban J connectivity index is 2.06. The van der Waals surface area contributed by atoms with Crippen molar-refractivity contribution in [3.8, 4) is 0 Å². The van der Waals surface area contributed by atoms with Crippen LogP contribution in [0.4, 0.5) is 0 Å². The fourth-order valence-electron chi connectivity index (χ4n) is 2.14. The first-order valence-corrected chi connectivity index (χ1v) is 7.71. The van der Waals surface area contributed by atoms with E-state index in [0.29, 0.717) is 12.1 Å². The lowest BCUT2D eigenvalue weighted by Gasteiger charge is -2.17. The number of aliphatic hydroxyl groups is 1. The first kappa shape index (κ1) is 16.7. The maximum absolute atomic E-state index is 11.5. The summed E-state index contributed by atoms with van der Waals surface area (Å²) in [5, 5.41) is 12.8. The highest BCUT2D eigenvalue weighted by Gasteiger charge is 2.12. The van der Waals surface area contributed by atoms with Crippen LogP contribution in [0.2, 0.25) is 0 Å². The highest BCUT2D eigenvalue weighted by Crippen LogP contribution is 2.20. The van der Waals surface area contributed by atoms with E-state index in [0.717, 1.165) is 15.6 Å². The molecule has 0 bridgehead atoms. The van der Waals surface area contributed by atoms with Crippen LogP contribution in [-0.4, -0.2) is 24.8 Å². The van der Waals surface area contributed by atoms with Crippen molar-refractivity contribution in [1.82, 2.24) is 5.32 Å². The van der Waals surface area contributed by atoms with Crippen molar-refractivity contribution in [2.24, 2.45) is 0 Å². The van der Waals surface area contributed by atoms with Gasteiger partial charge in [0, 0.05) is 11.0 Å². The van der Waals surface area contributed by atoms with Gasteiger partial charge in [0.15, 0.2) is 0 Å². The summed E-state index contributed by atoms with van der Waals surface area (Å²) in [5.74, 6) is -0.363. The standard InChI is InChI=1S/C17H18BrNO3/c1-22-17(21)13-7-8-14(15(18)9-13)10-19-16(11-20)12-5-3-2-4-6-12/h2-9,16,19-20H,10-11H2,1H3. The third kappa shape index (κ3) is 4.16. The van der Waals surface area contributed by atoms with Crippen LogP contribution in [0.15, 0.2) is 53.0 Å². The molecule has 0 amide bonds. The van der Waals surface area contributed by atoms with Crippen molar-refractivity contribution >= 4 is 21.9 Å². The minimum atomic E-state index is -0.363. The summed E-state index contributed by atoms with van der Waals surface area (Å²) >= 11 is 3.46. The molecule has 116 valence electrons. The average Bonchev–Trinajstić information content (AvgIpc) is 2.56. The van der Waals surface area contributed by atoms with Gasteiger partial charge in [0.2, 0.25) is 0 Å². The second-order valence-corrected chi connectivity index (χ2v) is 5.68. The third-order valence-electron chi connectivity index (χ3n) is 3.40. The van der Waals surface area contributed by atoms with Crippen molar-refractivity contribution in [2.45, 2.75) is 12.6 Å². The van der Waals surface area contributed by atoms with Gasteiger partial charge < -0.3 is 15.2 Å². The van der Waals surface area contributed by atoms with Crippen molar-refractivity contribution in [3.63, 3.8) is 0 Å². The summed E-state index contributed by atoms with van der Waals surface area (Å²) in [5.41, 5.74) is 2.54. The van der Waals surface area contributed by atoms with Crippen LogP contribution in [0.25, 0.3) is 0 Å². The van der Waals surface area contributed by atoms with Gasteiger partial charge in [-0.1, -0.05) is 52.3 Å². The Morgan fingerprint density at radius 2 is 2.00 bits per heavy atom. The first-order chi connectivity index (χ1) is 10.7. The number of hydrogen-bond acceptors (Lipinski definition) is 4. The van der Waals surface area contributed by atoms with Crippen LogP contribution >= 0.6 is 15.9 Å². The number of ether oxygens (including phenoxy) is 1. The number of halogens is 1. The highest BCUT2D eigenvalue weighted by molar-refractivity contribution is 9.10. The molecule has 0 radical (unpaired) electrons. The predicted molar refractivity (Wildman–Crippen MR) is 88.6 cm³/mol. The van der Waals surface area contributed by atoms with E-state index in [9.17, 15) is 9.90 Å². The molecule has 4 nitrogen and oxygen atoms in total. The molecule has 5 heteroatoms. The van der Waals surface area contributed by atoms with Gasteiger partial charge >= 0.3 is 5.97 Å². The van der Waals surface area contributed by atoms with E-state index in [-0.39, 0.29) is 18.6 Å². The quantitative estimate of drug-likeness (QED) is 0.774. The topological polar surface area (TPSA) is 58.6 Å². The molecular weight excluding hydrogens is 346 g/mol. The lowest BCUT2D eigenvalue weighted by Crippen LogP contribution is -2.24. The molecule has 0 aliphatic carbocycles. The molecule has 0 spiro atoms. The maximum Gasteiger partial charge on any atom is 0.337 e. The number of carbonyl (C=O) groups excluding carboxylic acids is 1. The molecule has 2 aromatic carbocycles. The molecule has 1 atom stereocenters. The monoisotopic (exact) mass is 363 g/mol. The molecule has 2 aromatic rings. The molecule has 1 unspecified atom stereocenters. The molecule has 0 aromatic heterocycles. The summed E-state index contributed by atoms with van der Waals surface area (Å²) in [6, 6.07) is 15.0. The second-order valence-electron chi connectivity index (χ2n) is 4.82. The normalized spacial score (nSPS) is 12.0. The Bertz CT molecular complexity index is 631. The van der Waals surface area contributed by atoms with Gasteiger partial charge in [-0.2, -0.15) is 0 Å². The van der Waals surface area contributed by atoms with Crippen LogP contribution in [-0.2, 0) is 11.3 Å². The lowest BCUT2D eigenvalue weighted by atomic mass is 10.1. The minimum Gasteiger partial charge on any atom is -0.465 e. The Morgan fingerprint density at radius 1 is 1.27 bits per heavy atom. The molecule has 0 saturated carbocycles. The fourth-order valence-corrected chi connectivity index (χ4v) is 2.66. The lowest BCUT2D eigenvalue weighted by molar-refractivity contribution is 0.0600. The molecule has 0 saturated heterocycles. The summed E-state index contributed by atoms with van der Waals surface area (Å²) < 4.78 is 5.52. The summed E-state index contributed by atoms with van der Waals surface area (Å²) in [4.78, 5) is 11.5. The van der Waals surface area contributed by atoms with Gasteiger partial charge in [-0.3, -0.25) is 0 Å². The van der Waals surface area contributed by atoms with Crippen molar-refractivity contribution in [2.75, 3.05) is 13.7 Å². The summed E-state index contributed by atoms with van der Waals surface area (Å²) in [6.07, 6.45) is 0. The van der Waals surface area contributed by atoms with Crippen LogP contribution in [0.1, 0.15) is 27.5 Å².